The maximum absolute atomic E-state index is 14.2. The van der Waals surface area contributed by atoms with E-state index in [1.54, 1.807) is 32.9 Å². The summed E-state index contributed by atoms with van der Waals surface area (Å²) in [5.74, 6) is -2.27. The van der Waals surface area contributed by atoms with Crippen LogP contribution in [0.1, 0.15) is 91.4 Å². The van der Waals surface area contributed by atoms with Gasteiger partial charge in [-0.3, -0.25) is 19.1 Å². The van der Waals surface area contributed by atoms with Crippen molar-refractivity contribution in [2.45, 2.75) is 126 Å². The number of ether oxygens (including phenoxy) is 3. The van der Waals surface area contributed by atoms with Crippen molar-refractivity contribution in [3.8, 4) is 0 Å². The zero-order chi connectivity index (χ0) is 35.4. The average molecular weight is 710 g/mol. The van der Waals surface area contributed by atoms with Crippen molar-refractivity contribution in [3.05, 3.63) is 12.2 Å². The van der Waals surface area contributed by atoms with E-state index in [2.05, 4.69) is 20.7 Å². The number of carbonyl (C=O) groups is 5. The Bertz CT molecular complexity index is 1400. The van der Waals surface area contributed by atoms with Gasteiger partial charge in [-0.25, -0.2) is 18.0 Å². The van der Waals surface area contributed by atoms with Crippen molar-refractivity contribution in [3.63, 3.8) is 0 Å². The minimum atomic E-state index is -3.91. The van der Waals surface area contributed by atoms with Gasteiger partial charge in [0.2, 0.25) is 21.8 Å². The summed E-state index contributed by atoms with van der Waals surface area (Å²) in [6.07, 6.45) is 8.14. The molecule has 3 saturated carbocycles. The summed E-state index contributed by atoms with van der Waals surface area (Å²) in [6.45, 7) is 5.88. The summed E-state index contributed by atoms with van der Waals surface area (Å²) >= 11 is 0. The van der Waals surface area contributed by atoms with E-state index < -0.39 is 80.4 Å². The highest BCUT2D eigenvalue weighted by molar-refractivity contribution is 7.91. The first-order valence-electron chi connectivity index (χ1n) is 17.5. The molecule has 15 nitrogen and oxygen atoms in total. The highest BCUT2D eigenvalue weighted by Crippen LogP contribution is 2.46. The molecule has 2 aliphatic heterocycles. The number of sulfonamides is 1. The SMILES string of the molecule is CC(C)(C)OC(=O)NC1CCCOC/C=C/C2CC2(C(=O)NS(=O)(=O)C2CC2)NC(=O)C2CC(OC(=O)NCC3CCCCC3)CN2C1=O. The second-order valence-corrected chi connectivity index (χ2v) is 16.9. The lowest BCUT2D eigenvalue weighted by atomic mass is 9.89. The highest BCUT2D eigenvalue weighted by Gasteiger charge is 2.62. The molecule has 49 heavy (non-hydrogen) atoms. The molecule has 0 spiro atoms. The van der Waals surface area contributed by atoms with Crippen LogP contribution in [0.2, 0.25) is 0 Å². The third kappa shape index (κ3) is 9.86. The molecular weight excluding hydrogens is 658 g/mol. The molecule has 5 rings (SSSR count). The van der Waals surface area contributed by atoms with E-state index in [4.69, 9.17) is 14.2 Å². The number of hydrogen-bond acceptors (Lipinski definition) is 10. The number of carbonyl (C=O) groups excluding carboxylic acids is 5. The Morgan fingerprint density at radius 1 is 1.04 bits per heavy atom. The van der Waals surface area contributed by atoms with Crippen molar-refractivity contribution >= 4 is 39.9 Å². The van der Waals surface area contributed by atoms with Crippen LogP contribution in [-0.2, 0) is 38.6 Å². The summed E-state index contributed by atoms with van der Waals surface area (Å²) in [5, 5.41) is 7.58. The Labute approximate surface area is 288 Å². The van der Waals surface area contributed by atoms with Crippen LogP contribution in [0, 0.1) is 11.8 Å². The zero-order valence-electron chi connectivity index (χ0n) is 28.7. The Hall–Kier alpha value is -3.40. The van der Waals surface area contributed by atoms with Crippen molar-refractivity contribution in [2.75, 3.05) is 26.3 Å². The number of nitrogens with one attached hydrogen (secondary N) is 4. The molecule has 4 N–H and O–H groups in total. The van der Waals surface area contributed by atoms with Gasteiger partial charge in [-0.15, -0.1) is 0 Å². The first-order chi connectivity index (χ1) is 23.2. The predicted molar refractivity (Wildman–Crippen MR) is 176 cm³/mol. The van der Waals surface area contributed by atoms with E-state index in [9.17, 15) is 32.4 Å². The van der Waals surface area contributed by atoms with Crippen LogP contribution in [0.15, 0.2) is 12.2 Å². The van der Waals surface area contributed by atoms with Gasteiger partial charge in [0.15, 0.2) is 0 Å². The molecule has 0 aromatic heterocycles. The molecule has 0 radical (unpaired) electrons. The van der Waals surface area contributed by atoms with Crippen molar-refractivity contribution in [2.24, 2.45) is 11.8 Å². The van der Waals surface area contributed by atoms with Gasteiger partial charge in [0, 0.05) is 25.5 Å². The van der Waals surface area contributed by atoms with Gasteiger partial charge in [-0.2, -0.15) is 0 Å². The van der Waals surface area contributed by atoms with Gasteiger partial charge in [0.1, 0.15) is 29.3 Å². The second-order valence-electron chi connectivity index (χ2n) is 14.9. The van der Waals surface area contributed by atoms with Crippen LogP contribution in [-0.4, -0.2) is 104 Å². The molecule has 16 heteroatoms. The zero-order valence-corrected chi connectivity index (χ0v) is 29.5. The minimum absolute atomic E-state index is 0.0602. The molecule has 274 valence electrons. The maximum atomic E-state index is 14.2. The minimum Gasteiger partial charge on any atom is -0.444 e. The number of fused-ring (bicyclic) bond motifs is 2. The van der Waals surface area contributed by atoms with E-state index in [1.165, 1.54) is 11.3 Å². The molecule has 5 atom stereocenters. The van der Waals surface area contributed by atoms with E-state index in [0.717, 1.165) is 25.7 Å². The summed E-state index contributed by atoms with van der Waals surface area (Å²) in [4.78, 5) is 68.6. The molecule has 1 saturated heterocycles. The standard InChI is InChI=1S/C33H51N5O10S/c1-32(2,3)48-31(43)35-25-12-8-16-46-15-7-11-22-18-33(22,29(41)37-49(44,45)24-13-14-24)36-27(39)26-17-23(20-38(26)28(25)40)47-30(42)34-19-21-9-5-4-6-10-21/h7,11,21-26H,4-6,8-10,12-20H2,1-3H3,(H,34,42)(H,35,43)(H,36,39)(H,37,41)/b11-7+. The smallest absolute Gasteiger partial charge is 0.408 e. The Kier molecular flexibility index (Phi) is 11.5. The largest absolute Gasteiger partial charge is 0.444 e. The van der Waals surface area contributed by atoms with Crippen molar-refractivity contribution in [1.29, 1.82) is 0 Å². The molecule has 5 amide bonds. The molecular formula is C33H51N5O10S. The lowest BCUT2D eigenvalue weighted by Crippen LogP contribution is -2.58. The van der Waals surface area contributed by atoms with E-state index in [-0.39, 0.29) is 39.0 Å². The molecule has 5 aliphatic rings. The van der Waals surface area contributed by atoms with Crippen LogP contribution >= 0.6 is 0 Å². The van der Waals surface area contributed by atoms with Crippen molar-refractivity contribution in [1.82, 2.24) is 25.6 Å². The number of hydrogen-bond donors (Lipinski definition) is 4. The highest BCUT2D eigenvalue weighted by atomic mass is 32.2. The fraction of sp³-hybridized carbons (Fsp3) is 0.788. The van der Waals surface area contributed by atoms with Gasteiger partial charge >= 0.3 is 12.2 Å². The molecule has 0 bridgehead atoms. The fourth-order valence-corrected chi connectivity index (χ4v) is 8.19. The van der Waals surface area contributed by atoms with Gasteiger partial charge in [0.05, 0.1) is 18.4 Å². The van der Waals surface area contributed by atoms with Gasteiger partial charge in [0.25, 0.3) is 5.91 Å². The van der Waals surface area contributed by atoms with Crippen LogP contribution in [0.25, 0.3) is 0 Å². The van der Waals surface area contributed by atoms with Gasteiger partial charge in [-0.1, -0.05) is 31.4 Å². The number of rotatable bonds is 7. The van der Waals surface area contributed by atoms with Crippen LogP contribution < -0.4 is 20.7 Å². The quantitative estimate of drug-likeness (QED) is 0.284. The molecule has 2 heterocycles. The van der Waals surface area contributed by atoms with E-state index >= 15 is 0 Å². The molecule has 0 aromatic rings. The summed E-state index contributed by atoms with van der Waals surface area (Å²) in [7, 11) is -3.91. The number of nitrogens with zero attached hydrogens (tertiary/aromatic N) is 1. The van der Waals surface area contributed by atoms with Crippen LogP contribution in [0.4, 0.5) is 9.59 Å². The lowest BCUT2D eigenvalue weighted by Gasteiger charge is -2.30. The monoisotopic (exact) mass is 709 g/mol. The maximum Gasteiger partial charge on any atom is 0.408 e. The second kappa shape index (κ2) is 15.2. The average Bonchev–Trinajstić information content (AvgIpc) is 3.95. The molecule has 0 aromatic carbocycles. The normalized spacial score (nSPS) is 30.7. The van der Waals surface area contributed by atoms with Crippen molar-refractivity contribution < 1.29 is 46.6 Å². The predicted octanol–water partition coefficient (Wildman–Crippen LogP) is 2.01. The first-order valence-corrected chi connectivity index (χ1v) is 19.1. The molecule has 3 aliphatic carbocycles. The Morgan fingerprint density at radius 3 is 2.47 bits per heavy atom. The third-order valence-corrected chi connectivity index (χ3v) is 11.5. The topological polar surface area (TPSA) is 199 Å². The lowest BCUT2D eigenvalue weighted by molar-refractivity contribution is -0.141. The van der Waals surface area contributed by atoms with Gasteiger partial charge < -0.3 is 35.1 Å². The van der Waals surface area contributed by atoms with Crippen LogP contribution in [0.3, 0.4) is 0 Å². The van der Waals surface area contributed by atoms with E-state index in [0.29, 0.717) is 31.7 Å². The first kappa shape index (κ1) is 36.9. The van der Waals surface area contributed by atoms with Gasteiger partial charge in [-0.05, 0) is 71.6 Å². The Balaban J connectivity index is 1.36. The van der Waals surface area contributed by atoms with E-state index in [1.807, 2.05) is 0 Å². The number of alkyl carbamates (subject to hydrolysis) is 2. The summed E-state index contributed by atoms with van der Waals surface area (Å²) in [6, 6.07) is -2.27. The molecule has 4 fully saturated rings. The summed E-state index contributed by atoms with van der Waals surface area (Å²) in [5.41, 5.74) is -2.39. The Morgan fingerprint density at radius 2 is 1.78 bits per heavy atom. The van der Waals surface area contributed by atoms with Crippen LogP contribution in [0.5, 0.6) is 0 Å². The number of amides is 5. The molecule has 5 unspecified atom stereocenters. The third-order valence-electron chi connectivity index (χ3n) is 9.70. The fourth-order valence-electron chi connectivity index (χ4n) is 6.82. The summed E-state index contributed by atoms with van der Waals surface area (Å²) < 4.78 is 44.3.